The zero-order valence-corrected chi connectivity index (χ0v) is 13.6. The van der Waals surface area contributed by atoms with Gasteiger partial charge in [0.15, 0.2) is 0 Å². The van der Waals surface area contributed by atoms with Gasteiger partial charge < -0.3 is 20.3 Å². The molecule has 6 nitrogen and oxygen atoms in total. The smallest absolute Gasteiger partial charge is 0.407 e. The van der Waals surface area contributed by atoms with E-state index in [1.54, 1.807) is 24.3 Å². The molecule has 25 heavy (non-hydrogen) atoms. The quantitative estimate of drug-likeness (QED) is 0.716. The summed E-state index contributed by atoms with van der Waals surface area (Å²) in [6, 6.07) is 18.0. The molecule has 0 spiro atoms. The molecule has 2 aromatic carbocycles. The van der Waals surface area contributed by atoms with Gasteiger partial charge in [-0.25, -0.2) is 4.79 Å². The second kappa shape index (κ2) is 9.42. The number of ether oxygens (including phenoxy) is 1. The van der Waals surface area contributed by atoms with Crippen LogP contribution in [0.4, 0.5) is 4.79 Å². The minimum atomic E-state index is -1.17. The van der Waals surface area contributed by atoms with Crippen molar-refractivity contribution in [2.45, 2.75) is 25.2 Å². The van der Waals surface area contributed by atoms with Gasteiger partial charge in [-0.2, -0.15) is 5.26 Å². The van der Waals surface area contributed by atoms with Crippen LogP contribution in [0, 0.1) is 11.3 Å². The lowest BCUT2D eigenvalue weighted by atomic mass is 10.0. The van der Waals surface area contributed by atoms with Gasteiger partial charge in [-0.3, -0.25) is 0 Å². The number of benzene rings is 2. The van der Waals surface area contributed by atoms with Crippen LogP contribution in [0.2, 0.25) is 0 Å². The molecule has 3 N–H and O–H groups in total. The summed E-state index contributed by atoms with van der Waals surface area (Å²) in [6.07, 6.45) is -2.70. The van der Waals surface area contributed by atoms with Gasteiger partial charge in [0.25, 0.3) is 0 Å². The van der Waals surface area contributed by atoms with E-state index in [1.165, 1.54) is 0 Å². The van der Waals surface area contributed by atoms with Crippen LogP contribution in [0.15, 0.2) is 54.6 Å². The topological polar surface area (TPSA) is 103 Å². The van der Waals surface area contributed by atoms with Crippen molar-refractivity contribution in [2.24, 2.45) is 0 Å². The summed E-state index contributed by atoms with van der Waals surface area (Å²) >= 11 is 0. The van der Waals surface area contributed by atoms with Gasteiger partial charge in [-0.1, -0.05) is 54.6 Å². The number of carbonyl (C=O) groups is 1. The van der Waals surface area contributed by atoms with Crippen LogP contribution in [0.1, 0.15) is 22.8 Å². The van der Waals surface area contributed by atoms with Crippen LogP contribution in [0.5, 0.6) is 0 Å². The van der Waals surface area contributed by atoms with Crippen LogP contribution in [-0.2, 0) is 17.8 Å². The summed E-state index contributed by atoms with van der Waals surface area (Å²) in [4.78, 5) is 11.6. The Morgan fingerprint density at radius 3 is 2.40 bits per heavy atom. The number of hydrogen-bond donors (Lipinski definition) is 3. The van der Waals surface area contributed by atoms with Crippen molar-refractivity contribution in [3.8, 4) is 6.07 Å². The Labute approximate surface area is 146 Å². The van der Waals surface area contributed by atoms with Crippen molar-refractivity contribution in [3.63, 3.8) is 0 Å². The van der Waals surface area contributed by atoms with Crippen molar-refractivity contribution in [3.05, 3.63) is 71.3 Å². The number of alkyl carbamates (subject to hydrolysis) is 1. The number of nitrogens with zero attached hydrogens (tertiary/aromatic N) is 1. The van der Waals surface area contributed by atoms with E-state index in [0.29, 0.717) is 5.56 Å². The van der Waals surface area contributed by atoms with Gasteiger partial charge in [-0.05, 0) is 16.7 Å². The molecule has 2 aromatic rings. The Balaban J connectivity index is 1.77. The number of carbonyl (C=O) groups excluding carboxylic acids is 1. The Bertz CT molecular complexity index is 710. The number of hydrogen-bond acceptors (Lipinski definition) is 5. The summed E-state index contributed by atoms with van der Waals surface area (Å²) in [5.74, 6) is 0. The average Bonchev–Trinajstić information content (AvgIpc) is 2.65. The van der Waals surface area contributed by atoms with Gasteiger partial charge >= 0.3 is 6.09 Å². The van der Waals surface area contributed by atoms with Crippen LogP contribution >= 0.6 is 0 Å². The van der Waals surface area contributed by atoms with Crippen LogP contribution in [0.3, 0.4) is 0 Å². The Hall–Kier alpha value is -2.88. The lowest BCUT2D eigenvalue weighted by molar-refractivity contribution is 0.0184. The number of nitriles is 1. The molecule has 6 heteroatoms. The highest BCUT2D eigenvalue weighted by Crippen LogP contribution is 2.17. The fourth-order valence-corrected chi connectivity index (χ4v) is 2.22. The number of rotatable bonds is 7. The summed E-state index contributed by atoms with van der Waals surface area (Å²) in [5.41, 5.74) is 2.19. The van der Waals surface area contributed by atoms with Crippen molar-refractivity contribution < 1.29 is 19.7 Å². The summed E-state index contributed by atoms with van der Waals surface area (Å²) in [6.45, 7) is -0.0135. The molecule has 2 unspecified atom stereocenters. The van der Waals surface area contributed by atoms with E-state index in [2.05, 4.69) is 5.32 Å². The molecule has 0 aliphatic heterocycles. The molecule has 0 aliphatic carbocycles. The van der Waals surface area contributed by atoms with Gasteiger partial charge in [0.1, 0.15) is 18.8 Å². The lowest BCUT2D eigenvalue weighted by Crippen LogP contribution is -2.35. The van der Waals surface area contributed by atoms with Crippen molar-refractivity contribution >= 4 is 6.09 Å². The second-order valence-electron chi connectivity index (χ2n) is 5.53. The third-order valence-corrected chi connectivity index (χ3v) is 3.64. The molecule has 0 heterocycles. The van der Waals surface area contributed by atoms with Gasteiger partial charge in [-0.15, -0.1) is 0 Å². The number of nitrogens with one attached hydrogen (secondary N) is 1. The maximum atomic E-state index is 11.6. The fourth-order valence-electron chi connectivity index (χ4n) is 2.22. The first-order chi connectivity index (χ1) is 12.1. The monoisotopic (exact) mass is 340 g/mol. The van der Waals surface area contributed by atoms with Crippen LogP contribution in [0.25, 0.3) is 0 Å². The fraction of sp³-hybridized carbons (Fsp3) is 0.263. The molecule has 1 amide bonds. The maximum absolute atomic E-state index is 11.6. The molecule has 130 valence electrons. The largest absolute Gasteiger partial charge is 0.445 e. The molecule has 2 atom stereocenters. The average molecular weight is 340 g/mol. The molecular weight excluding hydrogens is 320 g/mol. The van der Waals surface area contributed by atoms with Crippen molar-refractivity contribution in [1.29, 1.82) is 5.26 Å². The molecule has 0 aliphatic rings. The number of aliphatic hydroxyl groups is 2. The van der Waals surface area contributed by atoms with E-state index in [1.807, 2.05) is 36.4 Å². The predicted molar refractivity (Wildman–Crippen MR) is 91.4 cm³/mol. The first kappa shape index (κ1) is 18.5. The van der Waals surface area contributed by atoms with Crippen molar-refractivity contribution in [2.75, 3.05) is 6.54 Å². The third kappa shape index (κ3) is 5.92. The van der Waals surface area contributed by atoms with E-state index in [-0.39, 0.29) is 19.6 Å². The molecule has 0 radical (unpaired) electrons. The Morgan fingerprint density at radius 1 is 1.08 bits per heavy atom. The zero-order valence-electron chi connectivity index (χ0n) is 13.6. The van der Waals surface area contributed by atoms with Crippen LogP contribution in [-0.4, -0.2) is 29.0 Å². The molecular formula is C19H20N2O4. The number of aliphatic hydroxyl groups excluding tert-OH is 2. The first-order valence-electron chi connectivity index (χ1n) is 7.86. The van der Waals surface area contributed by atoms with E-state index in [4.69, 9.17) is 10.00 Å². The van der Waals surface area contributed by atoms with Gasteiger partial charge in [0, 0.05) is 6.54 Å². The van der Waals surface area contributed by atoms with Gasteiger partial charge in [0.05, 0.1) is 12.5 Å². The molecule has 0 aromatic heterocycles. The van der Waals surface area contributed by atoms with Crippen LogP contribution < -0.4 is 5.32 Å². The summed E-state index contributed by atoms with van der Waals surface area (Å²) < 4.78 is 5.03. The molecule has 0 bridgehead atoms. The van der Waals surface area contributed by atoms with Crippen molar-refractivity contribution in [1.82, 2.24) is 5.32 Å². The maximum Gasteiger partial charge on any atom is 0.407 e. The zero-order chi connectivity index (χ0) is 18.1. The number of amides is 1. The minimum absolute atomic E-state index is 0.131. The lowest BCUT2D eigenvalue weighted by Gasteiger charge is -2.18. The minimum Gasteiger partial charge on any atom is -0.445 e. The standard InChI is InChI=1S/C19H20N2O4/c20-11-10-14-6-8-16(9-7-14)18(23)17(22)12-21-19(24)25-13-15-4-2-1-3-5-15/h1-9,17-18,22-23H,10,12-13H2,(H,21,24). The van der Waals surface area contributed by atoms with Gasteiger partial charge in [0.2, 0.25) is 0 Å². The molecule has 0 fully saturated rings. The first-order valence-corrected chi connectivity index (χ1v) is 7.86. The molecule has 2 rings (SSSR count). The third-order valence-electron chi connectivity index (χ3n) is 3.64. The summed E-state index contributed by atoms with van der Waals surface area (Å²) in [5, 5.41) is 31.2. The molecule has 0 saturated heterocycles. The predicted octanol–water partition coefficient (Wildman–Crippen LogP) is 2.07. The van der Waals surface area contributed by atoms with E-state index < -0.39 is 18.3 Å². The van der Waals surface area contributed by atoms with E-state index in [0.717, 1.165) is 11.1 Å². The highest BCUT2D eigenvalue weighted by atomic mass is 16.5. The van der Waals surface area contributed by atoms with E-state index in [9.17, 15) is 15.0 Å². The SMILES string of the molecule is N#CCc1ccc(C(O)C(O)CNC(=O)OCc2ccccc2)cc1. The Kier molecular flexibility index (Phi) is 6.96. The summed E-state index contributed by atoms with van der Waals surface area (Å²) in [7, 11) is 0. The highest BCUT2D eigenvalue weighted by Gasteiger charge is 2.19. The normalized spacial score (nSPS) is 12.7. The highest BCUT2D eigenvalue weighted by molar-refractivity contribution is 5.67. The molecule has 0 saturated carbocycles. The Morgan fingerprint density at radius 2 is 1.76 bits per heavy atom. The van der Waals surface area contributed by atoms with E-state index >= 15 is 0 Å². The second-order valence-corrected chi connectivity index (χ2v) is 5.53.